The van der Waals surface area contributed by atoms with Gasteiger partial charge in [-0.25, -0.2) is 9.78 Å². The van der Waals surface area contributed by atoms with E-state index in [-0.39, 0.29) is 37.3 Å². The Bertz CT molecular complexity index is 1080. The smallest absolute Gasteiger partial charge is 0.489 e. The monoisotopic (exact) mass is 527 g/mol. The number of hydrogen-bond acceptors (Lipinski definition) is 8. The van der Waals surface area contributed by atoms with Crippen molar-refractivity contribution in [3.05, 3.63) is 30.0 Å². The summed E-state index contributed by atoms with van der Waals surface area (Å²) < 4.78 is 22.0. The van der Waals surface area contributed by atoms with Crippen LogP contribution in [-0.4, -0.2) is 73.5 Å². The largest absolute Gasteiger partial charge is 0.508 e. The van der Waals surface area contributed by atoms with Crippen molar-refractivity contribution in [3.63, 3.8) is 0 Å². The van der Waals surface area contributed by atoms with Gasteiger partial charge >= 0.3 is 6.16 Å². The molecule has 1 aromatic carbocycles. The van der Waals surface area contributed by atoms with Crippen molar-refractivity contribution in [2.75, 3.05) is 33.4 Å². The van der Waals surface area contributed by atoms with E-state index in [0.29, 0.717) is 22.7 Å². The molecule has 2 heterocycles. The molecule has 0 radical (unpaired) electrons. The van der Waals surface area contributed by atoms with Gasteiger partial charge in [0, 0.05) is 30.1 Å². The Balaban J connectivity index is 1.68. The molecule has 1 amide bonds. The second kappa shape index (κ2) is 13.6. The Hall–Kier alpha value is -3.07. The number of carbonyl (C=O) groups is 2. The SMILES string of the molecule is COC(=O)OCCOc1cc(C(=O)N(C(C)C)[C@@H]2CCCNC2)nc2c(OC3CCCCCC3)cccc12. The van der Waals surface area contributed by atoms with E-state index >= 15 is 0 Å². The second-order valence-corrected chi connectivity index (χ2v) is 10.3. The molecular weight excluding hydrogens is 486 g/mol. The van der Waals surface area contributed by atoms with E-state index in [1.165, 1.54) is 20.0 Å². The van der Waals surface area contributed by atoms with E-state index in [1.807, 2.05) is 36.9 Å². The minimum Gasteiger partial charge on any atom is -0.489 e. The van der Waals surface area contributed by atoms with Gasteiger partial charge in [0.05, 0.1) is 13.2 Å². The Morgan fingerprint density at radius 3 is 2.53 bits per heavy atom. The van der Waals surface area contributed by atoms with Gasteiger partial charge in [-0.15, -0.1) is 0 Å². The molecule has 4 rings (SSSR count). The summed E-state index contributed by atoms with van der Waals surface area (Å²) in [7, 11) is 1.26. The lowest BCUT2D eigenvalue weighted by atomic mass is 10.0. The molecule has 38 heavy (non-hydrogen) atoms. The number of amides is 1. The highest BCUT2D eigenvalue weighted by atomic mass is 16.7. The fourth-order valence-electron chi connectivity index (χ4n) is 5.42. The number of rotatable bonds is 9. The van der Waals surface area contributed by atoms with Crippen LogP contribution in [0.25, 0.3) is 10.9 Å². The number of fused-ring (bicyclic) bond motifs is 1. The summed E-state index contributed by atoms with van der Waals surface area (Å²) in [5.74, 6) is 1.04. The molecule has 0 bridgehead atoms. The van der Waals surface area contributed by atoms with Gasteiger partial charge in [0.25, 0.3) is 5.91 Å². The van der Waals surface area contributed by atoms with Crippen molar-refractivity contribution in [2.45, 2.75) is 83.4 Å². The minimum absolute atomic E-state index is 0.0141. The first-order valence-electron chi connectivity index (χ1n) is 13.9. The number of nitrogens with one attached hydrogen (secondary N) is 1. The molecule has 1 aliphatic heterocycles. The molecule has 9 heteroatoms. The lowest BCUT2D eigenvalue weighted by molar-refractivity contribution is 0.0567. The van der Waals surface area contributed by atoms with Gasteiger partial charge < -0.3 is 29.2 Å². The average Bonchev–Trinajstić information content (AvgIpc) is 3.20. The van der Waals surface area contributed by atoms with Gasteiger partial charge in [-0.2, -0.15) is 0 Å². The lowest BCUT2D eigenvalue weighted by Gasteiger charge is -2.37. The number of pyridine rings is 1. The molecule has 1 aromatic heterocycles. The second-order valence-electron chi connectivity index (χ2n) is 10.3. The molecular formula is C29H41N3O6. The molecule has 2 aromatic rings. The molecule has 1 N–H and O–H groups in total. The highest BCUT2D eigenvalue weighted by molar-refractivity contribution is 5.98. The van der Waals surface area contributed by atoms with Crippen LogP contribution in [0.4, 0.5) is 4.79 Å². The Morgan fingerprint density at radius 1 is 1.05 bits per heavy atom. The number of methoxy groups -OCH3 is 1. The number of nitrogens with zero attached hydrogens (tertiary/aromatic N) is 2. The zero-order valence-corrected chi connectivity index (χ0v) is 22.9. The molecule has 208 valence electrons. The highest BCUT2D eigenvalue weighted by Crippen LogP contribution is 2.34. The van der Waals surface area contributed by atoms with Crippen molar-refractivity contribution in [1.82, 2.24) is 15.2 Å². The van der Waals surface area contributed by atoms with Crippen molar-refractivity contribution in [2.24, 2.45) is 0 Å². The van der Waals surface area contributed by atoms with Crippen LogP contribution >= 0.6 is 0 Å². The van der Waals surface area contributed by atoms with Crippen LogP contribution in [-0.2, 0) is 9.47 Å². The summed E-state index contributed by atoms with van der Waals surface area (Å²) in [5.41, 5.74) is 0.925. The topological polar surface area (TPSA) is 99.2 Å². The molecule has 0 unspecified atom stereocenters. The first-order chi connectivity index (χ1) is 18.5. The summed E-state index contributed by atoms with van der Waals surface area (Å²) in [6.07, 6.45) is 8.14. The normalized spacial score (nSPS) is 18.6. The number of piperidine rings is 1. The lowest BCUT2D eigenvalue weighted by Crippen LogP contribution is -2.51. The van der Waals surface area contributed by atoms with Crippen molar-refractivity contribution >= 4 is 23.0 Å². The quantitative estimate of drug-likeness (QED) is 0.273. The fraction of sp³-hybridized carbons (Fsp3) is 0.621. The summed E-state index contributed by atoms with van der Waals surface area (Å²) in [6, 6.07) is 7.57. The van der Waals surface area contributed by atoms with E-state index < -0.39 is 6.16 Å². The van der Waals surface area contributed by atoms with Crippen LogP contribution in [0.5, 0.6) is 11.5 Å². The molecule has 1 aliphatic carbocycles. The molecule has 2 fully saturated rings. The molecule has 1 saturated carbocycles. The number of carbonyl (C=O) groups excluding carboxylic acids is 2. The zero-order chi connectivity index (χ0) is 26.9. The third-order valence-electron chi connectivity index (χ3n) is 7.26. The first-order valence-corrected chi connectivity index (χ1v) is 13.9. The number of hydrogen-bond donors (Lipinski definition) is 1. The number of para-hydroxylation sites is 1. The van der Waals surface area contributed by atoms with Crippen LogP contribution in [0.1, 0.15) is 75.7 Å². The Labute approximate surface area is 225 Å². The summed E-state index contributed by atoms with van der Waals surface area (Å²) in [5, 5.41) is 4.17. The Kier molecular flexibility index (Phi) is 10.0. The third kappa shape index (κ3) is 7.07. The van der Waals surface area contributed by atoms with Gasteiger partial charge in [-0.1, -0.05) is 18.9 Å². The summed E-state index contributed by atoms with van der Waals surface area (Å²) in [4.78, 5) is 32.1. The molecule has 2 aliphatic rings. The van der Waals surface area contributed by atoms with Gasteiger partial charge in [-0.05, 0) is 71.0 Å². The maximum atomic E-state index is 13.9. The maximum Gasteiger partial charge on any atom is 0.508 e. The van der Waals surface area contributed by atoms with Crippen LogP contribution in [0.2, 0.25) is 0 Å². The summed E-state index contributed by atoms with van der Waals surface area (Å²) >= 11 is 0. The highest BCUT2D eigenvalue weighted by Gasteiger charge is 2.30. The van der Waals surface area contributed by atoms with E-state index in [2.05, 4.69) is 10.1 Å². The van der Waals surface area contributed by atoms with Crippen molar-refractivity contribution in [3.8, 4) is 11.5 Å². The van der Waals surface area contributed by atoms with Gasteiger partial charge in [0.2, 0.25) is 0 Å². The number of benzene rings is 1. The van der Waals surface area contributed by atoms with E-state index in [0.717, 1.165) is 57.0 Å². The van der Waals surface area contributed by atoms with Crippen LogP contribution in [0, 0.1) is 0 Å². The van der Waals surface area contributed by atoms with E-state index in [9.17, 15) is 9.59 Å². The summed E-state index contributed by atoms with van der Waals surface area (Å²) in [6.45, 7) is 5.94. The number of ether oxygens (including phenoxy) is 4. The average molecular weight is 528 g/mol. The van der Waals surface area contributed by atoms with E-state index in [1.54, 1.807) is 6.07 Å². The Morgan fingerprint density at radius 2 is 1.84 bits per heavy atom. The molecule has 1 atom stereocenters. The minimum atomic E-state index is -0.767. The van der Waals surface area contributed by atoms with Crippen molar-refractivity contribution < 1.29 is 28.5 Å². The van der Waals surface area contributed by atoms with Crippen LogP contribution < -0.4 is 14.8 Å². The van der Waals surface area contributed by atoms with Crippen LogP contribution in [0.3, 0.4) is 0 Å². The van der Waals surface area contributed by atoms with Gasteiger partial charge in [0.1, 0.15) is 35.9 Å². The predicted molar refractivity (Wildman–Crippen MR) is 145 cm³/mol. The zero-order valence-electron chi connectivity index (χ0n) is 22.9. The standard InChI is InChI=1S/C29H41N3O6/c1-20(2)32(21-10-9-15-30-19-21)28(33)24-18-26(36-16-17-37-29(34)35-3)23-13-8-14-25(27(23)31-24)38-22-11-6-4-5-7-12-22/h8,13-14,18,20-22,30H,4-7,9-12,15-17,19H2,1-3H3/t21-/m1/s1. The molecule has 9 nitrogen and oxygen atoms in total. The van der Waals surface area contributed by atoms with Crippen LogP contribution in [0.15, 0.2) is 24.3 Å². The molecule has 1 saturated heterocycles. The predicted octanol–water partition coefficient (Wildman–Crippen LogP) is 5.10. The van der Waals surface area contributed by atoms with Gasteiger partial charge in [-0.3, -0.25) is 4.79 Å². The van der Waals surface area contributed by atoms with Crippen molar-refractivity contribution in [1.29, 1.82) is 0 Å². The maximum absolute atomic E-state index is 13.9. The molecule has 0 spiro atoms. The fourth-order valence-corrected chi connectivity index (χ4v) is 5.42. The number of aromatic nitrogens is 1. The first kappa shape index (κ1) is 28.0. The van der Waals surface area contributed by atoms with E-state index in [4.69, 9.17) is 19.2 Å². The van der Waals surface area contributed by atoms with Gasteiger partial charge in [0.15, 0.2) is 0 Å². The third-order valence-corrected chi connectivity index (χ3v) is 7.26.